The third-order valence-corrected chi connectivity index (χ3v) is 3.42. The van der Waals surface area contributed by atoms with Gasteiger partial charge in [0.25, 0.3) is 5.91 Å². The molecule has 6 heteroatoms. The highest BCUT2D eigenvalue weighted by Gasteiger charge is 2.27. The number of hydrogen-bond acceptors (Lipinski definition) is 4. The number of carbonyl (C=O) groups is 2. The van der Waals surface area contributed by atoms with Crippen molar-refractivity contribution >= 4 is 11.8 Å². The highest BCUT2D eigenvalue weighted by atomic mass is 16.3. The van der Waals surface area contributed by atoms with E-state index in [1.165, 1.54) is 12.3 Å². The Labute approximate surface area is 111 Å². The van der Waals surface area contributed by atoms with Gasteiger partial charge in [-0.1, -0.05) is 6.92 Å². The van der Waals surface area contributed by atoms with E-state index in [9.17, 15) is 14.7 Å². The highest BCUT2D eigenvalue weighted by Crippen LogP contribution is 2.16. The van der Waals surface area contributed by atoms with Gasteiger partial charge in [-0.15, -0.1) is 0 Å². The van der Waals surface area contributed by atoms with Crippen LogP contribution in [-0.4, -0.2) is 47.6 Å². The van der Waals surface area contributed by atoms with Gasteiger partial charge < -0.3 is 19.7 Å². The molecule has 2 atom stereocenters. The fourth-order valence-electron chi connectivity index (χ4n) is 2.04. The average Bonchev–Trinajstić information content (AvgIpc) is 2.92. The van der Waals surface area contributed by atoms with E-state index < -0.39 is 12.0 Å². The molecule has 0 radical (unpaired) electrons. The number of nitrogens with one attached hydrogen (secondary N) is 1. The van der Waals surface area contributed by atoms with Gasteiger partial charge in [-0.3, -0.25) is 9.59 Å². The number of amides is 2. The minimum absolute atomic E-state index is 0.0827. The maximum absolute atomic E-state index is 11.9. The topological polar surface area (TPSA) is 82.8 Å². The van der Waals surface area contributed by atoms with E-state index in [1.54, 1.807) is 11.0 Å². The van der Waals surface area contributed by atoms with Crippen LogP contribution >= 0.6 is 0 Å². The van der Waals surface area contributed by atoms with Crippen LogP contribution in [0.2, 0.25) is 0 Å². The Morgan fingerprint density at radius 1 is 1.58 bits per heavy atom. The molecular formula is C13H18N2O4. The minimum atomic E-state index is -0.488. The van der Waals surface area contributed by atoms with Crippen LogP contribution in [0.25, 0.3) is 0 Å². The lowest BCUT2D eigenvalue weighted by atomic mass is 9.96. The molecule has 2 amide bonds. The number of nitrogens with zero attached hydrogens (tertiary/aromatic N) is 1. The second-order valence-corrected chi connectivity index (χ2v) is 4.83. The molecule has 6 nitrogen and oxygen atoms in total. The van der Waals surface area contributed by atoms with Gasteiger partial charge in [0, 0.05) is 13.1 Å². The molecule has 2 N–H and O–H groups in total. The maximum Gasteiger partial charge on any atom is 0.287 e. The standard InChI is InChI=1S/C13H18N2O4/c1-9-4-5-15(8-10(9)16)12(17)7-14-13(18)11-3-2-6-19-11/h2-3,6,9-10,16H,4-5,7-8H2,1H3,(H,14,18). The van der Waals surface area contributed by atoms with Crippen molar-refractivity contribution in [1.29, 1.82) is 0 Å². The van der Waals surface area contributed by atoms with Gasteiger partial charge in [-0.25, -0.2) is 0 Å². The highest BCUT2D eigenvalue weighted by molar-refractivity contribution is 5.94. The number of furan rings is 1. The van der Waals surface area contributed by atoms with Crippen LogP contribution in [0, 0.1) is 5.92 Å². The summed E-state index contributed by atoms with van der Waals surface area (Å²) in [6.45, 7) is 2.83. The molecule has 0 bridgehead atoms. The smallest absolute Gasteiger partial charge is 0.287 e. The summed E-state index contributed by atoms with van der Waals surface area (Å²) in [4.78, 5) is 25.1. The van der Waals surface area contributed by atoms with E-state index in [0.717, 1.165) is 6.42 Å². The van der Waals surface area contributed by atoms with Crippen molar-refractivity contribution < 1.29 is 19.1 Å². The Morgan fingerprint density at radius 2 is 2.37 bits per heavy atom. The van der Waals surface area contributed by atoms with Crippen LogP contribution in [0.3, 0.4) is 0 Å². The van der Waals surface area contributed by atoms with Gasteiger partial charge in [0.15, 0.2) is 5.76 Å². The van der Waals surface area contributed by atoms with E-state index in [0.29, 0.717) is 13.1 Å². The van der Waals surface area contributed by atoms with Crippen molar-refractivity contribution in [1.82, 2.24) is 10.2 Å². The lowest BCUT2D eigenvalue weighted by Gasteiger charge is -2.34. The van der Waals surface area contributed by atoms with Gasteiger partial charge in [0.1, 0.15) is 0 Å². The van der Waals surface area contributed by atoms with Gasteiger partial charge in [0.05, 0.1) is 18.9 Å². The second-order valence-electron chi connectivity index (χ2n) is 4.83. The zero-order valence-corrected chi connectivity index (χ0v) is 10.8. The monoisotopic (exact) mass is 266 g/mol. The van der Waals surface area contributed by atoms with Crippen LogP contribution in [0.1, 0.15) is 23.9 Å². The molecule has 0 saturated carbocycles. The first kappa shape index (κ1) is 13.6. The summed E-state index contributed by atoms with van der Waals surface area (Å²) in [5.74, 6) is -0.211. The van der Waals surface area contributed by atoms with Crippen LogP contribution in [0.4, 0.5) is 0 Å². The molecule has 104 valence electrons. The van der Waals surface area contributed by atoms with Crippen LogP contribution in [-0.2, 0) is 4.79 Å². The van der Waals surface area contributed by atoms with Crippen molar-refractivity contribution in [3.8, 4) is 0 Å². The molecule has 19 heavy (non-hydrogen) atoms. The quantitative estimate of drug-likeness (QED) is 0.821. The van der Waals surface area contributed by atoms with Crippen molar-refractivity contribution in [2.45, 2.75) is 19.4 Å². The summed E-state index contributed by atoms with van der Waals surface area (Å²) in [6.07, 6.45) is 1.69. The molecule has 1 aliphatic heterocycles. The van der Waals surface area contributed by atoms with E-state index in [4.69, 9.17) is 4.42 Å². The van der Waals surface area contributed by atoms with E-state index in [1.807, 2.05) is 6.92 Å². The SMILES string of the molecule is CC1CCN(C(=O)CNC(=O)c2ccco2)CC1O. The molecule has 1 aromatic rings. The molecular weight excluding hydrogens is 248 g/mol. The lowest BCUT2D eigenvalue weighted by Crippen LogP contribution is -2.49. The Hall–Kier alpha value is -1.82. The average molecular weight is 266 g/mol. The summed E-state index contributed by atoms with van der Waals surface area (Å²) in [6, 6.07) is 3.14. The molecule has 1 fully saturated rings. The number of piperidine rings is 1. The fourth-order valence-corrected chi connectivity index (χ4v) is 2.04. The number of hydrogen-bond donors (Lipinski definition) is 2. The molecule has 2 heterocycles. The number of aliphatic hydroxyl groups is 1. The summed E-state index contributed by atoms with van der Waals surface area (Å²) in [5, 5.41) is 12.2. The van der Waals surface area contributed by atoms with E-state index in [-0.39, 0.29) is 24.1 Å². The van der Waals surface area contributed by atoms with Crippen molar-refractivity contribution in [3.05, 3.63) is 24.2 Å². The van der Waals surface area contributed by atoms with E-state index in [2.05, 4.69) is 5.32 Å². The number of β-amino-alcohol motifs (C(OH)–C–C–N with tert-alkyl or cyclic N) is 1. The fraction of sp³-hybridized carbons (Fsp3) is 0.538. The van der Waals surface area contributed by atoms with Crippen LogP contribution in [0.5, 0.6) is 0 Å². The summed E-state index contributed by atoms with van der Waals surface area (Å²) in [5.41, 5.74) is 0. The van der Waals surface area contributed by atoms with Crippen molar-refractivity contribution in [3.63, 3.8) is 0 Å². The largest absolute Gasteiger partial charge is 0.459 e. The zero-order valence-electron chi connectivity index (χ0n) is 10.8. The summed E-state index contributed by atoms with van der Waals surface area (Å²) >= 11 is 0. The third kappa shape index (κ3) is 3.35. The number of aliphatic hydroxyl groups excluding tert-OH is 1. The Kier molecular flexibility index (Phi) is 4.21. The molecule has 0 aliphatic carbocycles. The van der Waals surface area contributed by atoms with Crippen molar-refractivity contribution in [2.24, 2.45) is 5.92 Å². The molecule has 1 saturated heterocycles. The summed E-state index contributed by atoms with van der Waals surface area (Å²) < 4.78 is 4.93. The van der Waals surface area contributed by atoms with Crippen LogP contribution < -0.4 is 5.32 Å². The molecule has 1 aliphatic rings. The van der Waals surface area contributed by atoms with Gasteiger partial charge in [0.2, 0.25) is 5.91 Å². The minimum Gasteiger partial charge on any atom is -0.459 e. The number of rotatable bonds is 3. The Bertz CT molecular complexity index is 444. The second kappa shape index (κ2) is 5.88. The van der Waals surface area contributed by atoms with E-state index >= 15 is 0 Å². The maximum atomic E-state index is 11.9. The number of likely N-dealkylation sites (tertiary alicyclic amines) is 1. The normalized spacial score (nSPS) is 23.2. The Balaban J connectivity index is 1.80. The zero-order chi connectivity index (χ0) is 13.8. The molecule has 2 rings (SSSR count). The molecule has 1 aromatic heterocycles. The first-order valence-corrected chi connectivity index (χ1v) is 6.35. The third-order valence-electron chi connectivity index (χ3n) is 3.42. The molecule has 0 aromatic carbocycles. The lowest BCUT2D eigenvalue weighted by molar-refractivity contribution is -0.134. The first-order chi connectivity index (χ1) is 9.08. The van der Waals surface area contributed by atoms with Gasteiger partial charge >= 0.3 is 0 Å². The predicted molar refractivity (Wildman–Crippen MR) is 67.4 cm³/mol. The summed E-state index contributed by atoms with van der Waals surface area (Å²) in [7, 11) is 0. The van der Waals surface area contributed by atoms with Gasteiger partial charge in [-0.2, -0.15) is 0 Å². The molecule has 0 spiro atoms. The Morgan fingerprint density at radius 3 is 3.00 bits per heavy atom. The van der Waals surface area contributed by atoms with Crippen LogP contribution in [0.15, 0.2) is 22.8 Å². The van der Waals surface area contributed by atoms with Gasteiger partial charge in [-0.05, 0) is 24.5 Å². The predicted octanol–water partition coefficient (Wildman–Crippen LogP) is 0.239. The molecule has 2 unspecified atom stereocenters. The van der Waals surface area contributed by atoms with Crippen molar-refractivity contribution in [2.75, 3.05) is 19.6 Å². The first-order valence-electron chi connectivity index (χ1n) is 6.35. The number of carbonyl (C=O) groups excluding carboxylic acids is 2.